The van der Waals surface area contributed by atoms with Crippen molar-refractivity contribution in [1.29, 1.82) is 0 Å². The van der Waals surface area contributed by atoms with E-state index in [-0.39, 0.29) is 0 Å². The Hall–Kier alpha value is -1.46. The van der Waals surface area contributed by atoms with Crippen LogP contribution in [0.25, 0.3) is 10.9 Å². The van der Waals surface area contributed by atoms with Crippen LogP contribution >= 0.6 is 12.6 Å². The highest BCUT2D eigenvalue weighted by Gasteiger charge is 1.93. The molecule has 68 valence electrons. The molecule has 1 aromatic heterocycles. The molecule has 0 N–H and O–H groups in total. The third kappa shape index (κ3) is 1.89. The summed E-state index contributed by atoms with van der Waals surface area (Å²) in [5.74, 6) is 6.39. The molecule has 0 aliphatic heterocycles. The molecule has 2 aromatic rings. The van der Waals surface area contributed by atoms with Crippen molar-refractivity contribution < 1.29 is 0 Å². The number of para-hydroxylation sites is 1. The Balaban J connectivity index is 2.51. The average molecular weight is 199 g/mol. The van der Waals surface area contributed by atoms with E-state index in [1.54, 1.807) is 0 Å². The number of pyridine rings is 1. The minimum Gasteiger partial charge on any atom is -0.239 e. The minimum atomic E-state index is 0.564. The summed E-state index contributed by atoms with van der Waals surface area (Å²) < 4.78 is 0. The topological polar surface area (TPSA) is 12.9 Å². The Morgan fingerprint density at radius 3 is 2.86 bits per heavy atom. The van der Waals surface area contributed by atoms with Crippen LogP contribution in [0.2, 0.25) is 0 Å². The molecular weight excluding hydrogens is 190 g/mol. The monoisotopic (exact) mass is 199 g/mol. The maximum Gasteiger partial charge on any atom is 0.113 e. The van der Waals surface area contributed by atoms with E-state index in [1.807, 2.05) is 36.4 Å². The van der Waals surface area contributed by atoms with E-state index < -0.39 is 0 Å². The van der Waals surface area contributed by atoms with Crippen LogP contribution in [-0.4, -0.2) is 10.7 Å². The van der Waals surface area contributed by atoms with Gasteiger partial charge in [0.15, 0.2) is 0 Å². The zero-order valence-corrected chi connectivity index (χ0v) is 8.46. The number of benzene rings is 1. The highest BCUT2D eigenvalue weighted by molar-refractivity contribution is 7.80. The van der Waals surface area contributed by atoms with Crippen molar-refractivity contribution in [1.82, 2.24) is 4.98 Å². The molecule has 1 heterocycles. The van der Waals surface area contributed by atoms with Gasteiger partial charge in [0.1, 0.15) is 5.69 Å². The smallest absolute Gasteiger partial charge is 0.113 e. The first-order valence-electron chi connectivity index (χ1n) is 4.36. The van der Waals surface area contributed by atoms with E-state index in [4.69, 9.17) is 0 Å². The second-order valence-electron chi connectivity index (χ2n) is 2.85. The minimum absolute atomic E-state index is 0.564. The highest BCUT2D eigenvalue weighted by atomic mass is 32.1. The van der Waals surface area contributed by atoms with E-state index in [0.29, 0.717) is 5.75 Å². The van der Waals surface area contributed by atoms with Crippen molar-refractivity contribution in [3.8, 4) is 11.8 Å². The van der Waals surface area contributed by atoms with Crippen molar-refractivity contribution >= 4 is 23.5 Å². The molecule has 0 aliphatic carbocycles. The quantitative estimate of drug-likeness (QED) is 0.508. The lowest BCUT2D eigenvalue weighted by molar-refractivity contribution is 1.36. The molecule has 0 bridgehead atoms. The molecule has 0 aliphatic rings. The summed E-state index contributed by atoms with van der Waals surface area (Å²) in [4.78, 5) is 4.41. The Labute approximate surface area is 88.6 Å². The Morgan fingerprint density at radius 1 is 1.14 bits per heavy atom. The van der Waals surface area contributed by atoms with Crippen LogP contribution in [0.4, 0.5) is 0 Å². The molecule has 0 radical (unpaired) electrons. The molecule has 1 aromatic carbocycles. The summed E-state index contributed by atoms with van der Waals surface area (Å²) >= 11 is 4.02. The SMILES string of the molecule is SCC#Cc1ccc2ccccc2n1. The summed E-state index contributed by atoms with van der Waals surface area (Å²) in [6, 6.07) is 12.0. The fourth-order valence-corrected chi connectivity index (χ4v) is 1.34. The van der Waals surface area contributed by atoms with E-state index in [2.05, 4.69) is 29.5 Å². The van der Waals surface area contributed by atoms with Gasteiger partial charge in [0, 0.05) is 5.39 Å². The van der Waals surface area contributed by atoms with E-state index in [9.17, 15) is 0 Å². The first-order chi connectivity index (χ1) is 6.90. The summed E-state index contributed by atoms with van der Waals surface area (Å²) in [7, 11) is 0. The summed E-state index contributed by atoms with van der Waals surface area (Å²) in [5, 5.41) is 1.14. The normalized spacial score (nSPS) is 9.50. The Kier molecular flexibility index (Phi) is 2.71. The lowest BCUT2D eigenvalue weighted by Gasteiger charge is -1.95. The molecule has 0 saturated heterocycles. The van der Waals surface area contributed by atoms with Gasteiger partial charge in [0.25, 0.3) is 0 Å². The van der Waals surface area contributed by atoms with E-state index >= 15 is 0 Å². The van der Waals surface area contributed by atoms with Gasteiger partial charge in [-0.05, 0) is 18.1 Å². The largest absolute Gasteiger partial charge is 0.239 e. The van der Waals surface area contributed by atoms with Gasteiger partial charge >= 0.3 is 0 Å². The zero-order chi connectivity index (χ0) is 9.80. The van der Waals surface area contributed by atoms with Crippen LogP contribution in [0, 0.1) is 11.8 Å². The van der Waals surface area contributed by atoms with Gasteiger partial charge < -0.3 is 0 Å². The molecule has 0 fully saturated rings. The lowest BCUT2D eigenvalue weighted by Crippen LogP contribution is -1.83. The molecule has 14 heavy (non-hydrogen) atoms. The molecule has 0 amide bonds. The molecule has 0 saturated carbocycles. The fraction of sp³-hybridized carbons (Fsp3) is 0.0833. The van der Waals surface area contributed by atoms with Crippen molar-refractivity contribution in [2.45, 2.75) is 0 Å². The number of hydrogen-bond donors (Lipinski definition) is 1. The molecule has 0 unspecified atom stereocenters. The van der Waals surface area contributed by atoms with Gasteiger partial charge in [-0.15, -0.1) is 0 Å². The maximum absolute atomic E-state index is 4.41. The molecule has 2 rings (SSSR count). The van der Waals surface area contributed by atoms with Crippen molar-refractivity contribution in [3.05, 3.63) is 42.1 Å². The van der Waals surface area contributed by atoms with Crippen LogP contribution < -0.4 is 0 Å². The van der Waals surface area contributed by atoms with Crippen molar-refractivity contribution in [2.75, 3.05) is 5.75 Å². The van der Waals surface area contributed by atoms with Gasteiger partial charge in [0.05, 0.1) is 11.3 Å². The van der Waals surface area contributed by atoms with Crippen LogP contribution in [-0.2, 0) is 0 Å². The second-order valence-corrected chi connectivity index (χ2v) is 3.17. The summed E-state index contributed by atoms with van der Waals surface area (Å²) in [6.45, 7) is 0. The number of rotatable bonds is 0. The third-order valence-corrected chi connectivity index (χ3v) is 2.05. The van der Waals surface area contributed by atoms with Gasteiger partial charge in [-0.1, -0.05) is 30.2 Å². The molecule has 2 heteroatoms. The van der Waals surface area contributed by atoms with Crippen LogP contribution in [0.5, 0.6) is 0 Å². The van der Waals surface area contributed by atoms with Crippen molar-refractivity contribution in [2.24, 2.45) is 0 Å². The summed E-state index contributed by atoms with van der Waals surface area (Å²) in [5.41, 5.74) is 1.79. The zero-order valence-electron chi connectivity index (χ0n) is 7.57. The number of fused-ring (bicyclic) bond motifs is 1. The molecule has 0 spiro atoms. The predicted octanol–water partition coefficient (Wildman–Crippen LogP) is 2.52. The average Bonchev–Trinajstić information content (AvgIpc) is 2.26. The maximum atomic E-state index is 4.41. The first kappa shape index (κ1) is 9.11. The van der Waals surface area contributed by atoms with Gasteiger partial charge in [-0.3, -0.25) is 0 Å². The molecular formula is C12H9NS. The highest BCUT2D eigenvalue weighted by Crippen LogP contribution is 2.10. The number of hydrogen-bond acceptors (Lipinski definition) is 2. The van der Waals surface area contributed by atoms with Crippen LogP contribution in [0.3, 0.4) is 0 Å². The van der Waals surface area contributed by atoms with Gasteiger partial charge in [0.2, 0.25) is 0 Å². The Bertz CT molecular complexity index is 508. The second kappa shape index (κ2) is 4.17. The van der Waals surface area contributed by atoms with Gasteiger partial charge in [-0.2, -0.15) is 12.6 Å². The number of thiol groups is 1. The van der Waals surface area contributed by atoms with E-state index in [1.165, 1.54) is 0 Å². The predicted molar refractivity (Wildman–Crippen MR) is 62.5 cm³/mol. The first-order valence-corrected chi connectivity index (χ1v) is 4.99. The third-order valence-electron chi connectivity index (χ3n) is 1.89. The fourth-order valence-electron chi connectivity index (χ4n) is 1.27. The van der Waals surface area contributed by atoms with Crippen LogP contribution in [0.15, 0.2) is 36.4 Å². The number of aromatic nitrogens is 1. The standard InChI is InChI=1S/C12H9NS/c14-9-3-5-11-8-7-10-4-1-2-6-12(10)13-11/h1-2,4,6-8,14H,9H2. The molecule has 1 nitrogen and oxygen atoms in total. The summed E-state index contributed by atoms with van der Waals surface area (Å²) in [6.07, 6.45) is 0. The van der Waals surface area contributed by atoms with Crippen LogP contribution in [0.1, 0.15) is 5.69 Å². The van der Waals surface area contributed by atoms with Gasteiger partial charge in [-0.25, -0.2) is 4.98 Å². The number of nitrogens with zero attached hydrogens (tertiary/aromatic N) is 1. The Morgan fingerprint density at radius 2 is 2.00 bits per heavy atom. The lowest BCUT2D eigenvalue weighted by atomic mass is 10.2. The van der Waals surface area contributed by atoms with E-state index in [0.717, 1.165) is 16.6 Å². The van der Waals surface area contributed by atoms with Crippen molar-refractivity contribution in [3.63, 3.8) is 0 Å². The molecule has 0 atom stereocenters.